The number of carbonyl (C=O) groups excluding carboxylic acids is 2. The van der Waals surface area contributed by atoms with Gasteiger partial charge in [0.2, 0.25) is 5.91 Å². The number of hydrogen-bond donors (Lipinski definition) is 2. The smallest absolute Gasteiger partial charge is 0.329 e. The minimum absolute atomic E-state index is 0.188. The molecule has 0 aliphatic rings. The lowest BCUT2D eigenvalue weighted by atomic mass is 10.2. The summed E-state index contributed by atoms with van der Waals surface area (Å²) in [5, 5.41) is 2.60. The van der Waals surface area contributed by atoms with E-state index in [4.69, 9.17) is 0 Å². The molecule has 0 radical (unpaired) electrons. The second kappa shape index (κ2) is 4.99. The summed E-state index contributed by atoms with van der Waals surface area (Å²) in [6.07, 6.45) is 0. The lowest BCUT2D eigenvalue weighted by Gasteiger charge is -2.10. The third-order valence-corrected chi connectivity index (χ3v) is 1.54. The van der Waals surface area contributed by atoms with Crippen molar-refractivity contribution in [2.45, 2.75) is 13.8 Å². The lowest BCUT2D eigenvalue weighted by molar-refractivity contribution is -0.138. The normalized spacial score (nSPS) is 9.20. The predicted molar refractivity (Wildman–Crippen MR) is 56.1 cm³/mol. The van der Waals surface area contributed by atoms with Gasteiger partial charge < -0.3 is 10.2 Å². The molecule has 0 saturated carbocycles. The van der Waals surface area contributed by atoms with Crippen LogP contribution in [-0.2, 0) is 14.4 Å². The third-order valence-electron chi connectivity index (χ3n) is 1.54. The summed E-state index contributed by atoms with van der Waals surface area (Å²) >= 11 is 0. The van der Waals surface area contributed by atoms with Gasteiger partial charge in [-0.2, -0.15) is 0 Å². The third kappa shape index (κ3) is 3.68. The molecule has 1 amide bonds. The van der Waals surface area contributed by atoms with Gasteiger partial charge in [0.15, 0.2) is 0 Å². The maximum absolute atomic E-state index is 10.9. The van der Waals surface area contributed by atoms with Crippen molar-refractivity contribution in [1.29, 1.82) is 0 Å². The summed E-state index contributed by atoms with van der Waals surface area (Å²) in [5.74, 6) is -0.639. The Morgan fingerprint density at radius 3 is 2.27 bits per heavy atom. The molecule has 15 heavy (non-hydrogen) atoms. The first kappa shape index (κ1) is 11.0. The van der Waals surface area contributed by atoms with Gasteiger partial charge in [-0.15, -0.1) is 0 Å². The van der Waals surface area contributed by atoms with Gasteiger partial charge in [-0.25, -0.2) is 5.48 Å². The molecule has 1 aromatic rings. The molecule has 5 nitrogen and oxygen atoms in total. The number of anilines is 2. The van der Waals surface area contributed by atoms with Gasteiger partial charge in [0, 0.05) is 13.8 Å². The Labute approximate surface area is 87.4 Å². The first-order valence-electron chi connectivity index (χ1n) is 4.39. The van der Waals surface area contributed by atoms with E-state index in [0.717, 1.165) is 0 Å². The average Bonchev–Trinajstić information content (AvgIpc) is 2.15. The van der Waals surface area contributed by atoms with Crippen LogP contribution in [0.1, 0.15) is 13.8 Å². The molecule has 0 unspecified atom stereocenters. The van der Waals surface area contributed by atoms with Gasteiger partial charge in [-0.1, -0.05) is 12.1 Å². The van der Waals surface area contributed by atoms with Crippen molar-refractivity contribution in [3.05, 3.63) is 24.3 Å². The molecule has 0 heterocycles. The van der Waals surface area contributed by atoms with Gasteiger partial charge in [-0.3, -0.25) is 9.59 Å². The van der Waals surface area contributed by atoms with Crippen molar-refractivity contribution in [3.8, 4) is 0 Å². The first-order chi connectivity index (χ1) is 7.09. The molecule has 0 atom stereocenters. The number of para-hydroxylation sites is 2. The monoisotopic (exact) mass is 208 g/mol. The molecule has 80 valence electrons. The lowest BCUT2D eigenvalue weighted by Crippen LogP contribution is -2.11. The number of nitrogens with one attached hydrogen (secondary N) is 2. The Hall–Kier alpha value is -2.04. The van der Waals surface area contributed by atoms with Crippen LogP contribution in [0.15, 0.2) is 24.3 Å². The molecule has 5 heteroatoms. The number of hydrogen-bond acceptors (Lipinski definition) is 4. The second-order valence-corrected chi connectivity index (χ2v) is 2.92. The summed E-state index contributed by atoms with van der Waals surface area (Å²) in [7, 11) is 0. The Kier molecular flexibility index (Phi) is 3.68. The Bertz CT molecular complexity index is 377. The highest BCUT2D eigenvalue weighted by Gasteiger charge is 2.03. The minimum atomic E-state index is -0.451. The van der Waals surface area contributed by atoms with Crippen molar-refractivity contribution < 1.29 is 14.4 Å². The van der Waals surface area contributed by atoms with Crippen LogP contribution in [0.5, 0.6) is 0 Å². The van der Waals surface area contributed by atoms with Crippen LogP contribution in [0.2, 0.25) is 0 Å². The minimum Gasteiger partial charge on any atom is -0.344 e. The van der Waals surface area contributed by atoms with E-state index in [1.807, 2.05) is 0 Å². The fourth-order valence-corrected chi connectivity index (χ4v) is 0.998. The molecule has 0 bridgehead atoms. The van der Waals surface area contributed by atoms with Crippen LogP contribution < -0.4 is 10.8 Å². The van der Waals surface area contributed by atoms with E-state index in [1.54, 1.807) is 24.3 Å². The molecule has 0 aliphatic carbocycles. The maximum Gasteiger partial charge on any atom is 0.329 e. The number of benzene rings is 1. The number of rotatable bonds is 3. The average molecular weight is 208 g/mol. The van der Waals surface area contributed by atoms with Gasteiger partial charge >= 0.3 is 5.97 Å². The summed E-state index contributed by atoms with van der Waals surface area (Å²) in [6.45, 7) is 2.69. The summed E-state index contributed by atoms with van der Waals surface area (Å²) < 4.78 is 0. The molecule has 0 saturated heterocycles. The van der Waals surface area contributed by atoms with Crippen molar-refractivity contribution in [1.82, 2.24) is 0 Å². The van der Waals surface area contributed by atoms with Gasteiger partial charge in [0.05, 0.1) is 11.4 Å². The molecule has 0 aliphatic heterocycles. The Morgan fingerprint density at radius 2 is 1.73 bits per heavy atom. The van der Waals surface area contributed by atoms with E-state index >= 15 is 0 Å². The zero-order valence-corrected chi connectivity index (χ0v) is 8.53. The summed E-state index contributed by atoms with van der Waals surface area (Å²) in [5.41, 5.74) is 3.55. The highest BCUT2D eigenvalue weighted by Crippen LogP contribution is 2.20. The van der Waals surface area contributed by atoms with E-state index in [9.17, 15) is 9.59 Å². The molecular formula is C10H12N2O3. The van der Waals surface area contributed by atoms with Crippen molar-refractivity contribution in [3.63, 3.8) is 0 Å². The zero-order valence-electron chi connectivity index (χ0n) is 8.53. The van der Waals surface area contributed by atoms with Gasteiger partial charge in [0.25, 0.3) is 0 Å². The van der Waals surface area contributed by atoms with Crippen LogP contribution in [0.3, 0.4) is 0 Å². The molecule has 2 N–H and O–H groups in total. The highest BCUT2D eigenvalue weighted by atomic mass is 16.7. The van der Waals surface area contributed by atoms with Crippen LogP contribution >= 0.6 is 0 Å². The Balaban J connectivity index is 2.76. The Morgan fingerprint density at radius 1 is 1.13 bits per heavy atom. The number of amides is 1. The van der Waals surface area contributed by atoms with Crippen LogP contribution in [0.4, 0.5) is 11.4 Å². The second-order valence-electron chi connectivity index (χ2n) is 2.92. The predicted octanol–water partition coefficient (Wildman–Crippen LogP) is 1.53. The van der Waals surface area contributed by atoms with Gasteiger partial charge in [-0.05, 0) is 12.1 Å². The summed E-state index contributed by atoms with van der Waals surface area (Å²) in [4.78, 5) is 26.0. The molecule has 1 aromatic carbocycles. The van der Waals surface area contributed by atoms with E-state index in [2.05, 4.69) is 15.6 Å². The van der Waals surface area contributed by atoms with E-state index in [0.29, 0.717) is 11.4 Å². The molecular weight excluding hydrogens is 196 g/mol. The first-order valence-corrected chi connectivity index (χ1v) is 4.39. The van der Waals surface area contributed by atoms with Crippen molar-refractivity contribution >= 4 is 23.3 Å². The van der Waals surface area contributed by atoms with E-state index in [1.165, 1.54) is 13.8 Å². The van der Waals surface area contributed by atoms with Crippen molar-refractivity contribution in [2.24, 2.45) is 0 Å². The van der Waals surface area contributed by atoms with Crippen LogP contribution in [0.25, 0.3) is 0 Å². The van der Waals surface area contributed by atoms with Crippen LogP contribution in [0, 0.1) is 0 Å². The largest absolute Gasteiger partial charge is 0.344 e. The summed E-state index contributed by atoms with van der Waals surface area (Å²) in [6, 6.07) is 6.92. The van der Waals surface area contributed by atoms with Gasteiger partial charge in [0.1, 0.15) is 0 Å². The fourth-order valence-electron chi connectivity index (χ4n) is 0.998. The van der Waals surface area contributed by atoms with Crippen LogP contribution in [-0.4, -0.2) is 11.9 Å². The van der Waals surface area contributed by atoms with Crippen molar-refractivity contribution in [2.75, 3.05) is 10.8 Å². The number of carbonyl (C=O) groups is 2. The maximum atomic E-state index is 10.9. The molecule has 0 spiro atoms. The van der Waals surface area contributed by atoms with E-state index in [-0.39, 0.29) is 5.91 Å². The highest BCUT2D eigenvalue weighted by molar-refractivity contribution is 5.92. The quantitative estimate of drug-likeness (QED) is 0.739. The molecule has 0 fully saturated rings. The topological polar surface area (TPSA) is 67.4 Å². The molecule has 1 rings (SSSR count). The zero-order chi connectivity index (χ0) is 11.3. The standard InChI is InChI=1S/C10H12N2O3/c1-7(13)11-9-5-3-4-6-10(9)12-15-8(2)14/h3-6,12H,1-2H3,(H,11,13). The molecule has 0 aromatic heterocycles. The van der Waals surface area contributed by atoms with E-state index < -0.39 is 5.97 Å². The SMILES string of the molecule is CC(=O)Nc1ccccc1NOC(C)=O. The fraction of sp³-hybridized carbons (Fsp3) is 0.200.